The van der Waals surface area contributed by atoms with E-state index in [1.54, 1.807) is 12.1 Å². The third kappa shape index (κ3) is 3.66. The van der Waals surface area contributed by atoms with Crippen LogP contribution in [0, 0.1) is 5.92 Å². The van der Waals surface area contributed by atoms with Gasteiger partial charge in [0.2, 0.25) is 0 Å². The lowest BCUT2D eigenvalue weighted by molar-refractivity contribution is -0.0499. The summed E-state index contributed by atoms with van der Waals surface area (Å²) in [7, 11) is 0. The summed E-state index contributed by atoms with van der Waals surface area (Å²) in [5.41, 5.74) is 2.30. The highest BCUT2D eigenvalue weighted by molar-refractivity contribution is 5.36. The van der Waals surface area contributed by atoms with Crippen molar-refractivity contribution < 1.29 is 13.5 Å². The highest BCUT2D eigenvalue weighted by Crippen LogP contribution is 2.25. The van der Waals surface area contributed by atoms with E-state index in [2.05, 4.69) is 23.9 Å². The molecule has 4 heteroatoms. The van der Waals surface area contributed by atoms with Crippen molar-refractivity contribution in [3.05, 3.63) is 29.3 Å². The molecule has 1 aromatic rings. The molecule has 2 unspecified atom stereocenters. The predicted molar refractivity (Wildman–Crippen MR) is 71.5 cm³/mol. The van der Waals surface area contributed by atoms with Gasteiger partial charge in [-0.3, -0.25) is 0 Å². The fourth-order valence-corrected chi connectivity index (χ4v) is 2.76. The van der Waals surface area contributed by atoms with E-state index in [4.69, 9.17) is 0 Å². The first-order valence-corrected chi connectivity index (χ1v) is 6.90. The largest absolute Gasteiger partial charge is 0.435 e. The monoisotopic (exact) mass is 269 g/mol. The molecule has 1 heterocycles. The Morgan fingerprint density at radius 2 is 2.16 bits per heavy atom. The fourth-order valence-electron chi connectivity index (χ4n) is 2.76. The molecule has 0 fully saturated rings. The van der Waals surface area contributed by atoms with Crippen LogP contribution < -0.4 is 10.1 Å². The van der Waals surface area contributed by atoms with Gasteiger partial charge in [0.15, 0.2) is 0 Å². The van der Waals surface area contributed by atoms with Crippen LogP contribution in [0.1, 0.15) is 37.8 Å². The molecule has 1 aliphatic heterocycles. The third-order valence-electron chi connectivity index (χ3n) is 3.95. The summed E-state index contributed by atoms with van der Waals surface area (Å²) < 4.78 is 28.9. The fraction of sp³-hybridized carbons (Fsp3) is 0.600. The zero-order valence-corrected chi connectivity index (χ0v) is 11.5. The first-order chi connectivity index (χ1) is 9.10. The van der Waals surface area contributed by atoms with E-state index >= 15 is 0 Å². The maximum atomic E-state index is 12.2. The molecule has 0 amide bonds. The SMILES string of the molecule is CCC1NCc2cc(OC(F)F)ccc2CCC1C. The first-order valence-electron chi connectivity index (χ1n) is 6.90. The first kappa shape index (κ1) is 14.3. The zero-order chi connectivity index (χ0) is 13.8. The maximum Gasteiger partial charge on any atom is 0.387 e. The smallest absolute Gasteiger partial charge is 0.387 e. The Labute approximate surface area is 113 Å². The van der Waals surface area contributed by atoms with Gasteiger partial charge < -0.3 is 10.1 Å². The molecule has 1 N–H and O–H groups in total. The quantitative estimate of drug-likeness (QED) is 0.902. The van der Waals surface area contributed by atoms with Crippen LogP contribution in [0.5, 0.6) is 5.75 Å². The Morgan fingerprint density at radius 3 is 2.84 bits per heavy atom. The van der Waals surface area contributed by atoms with Crippen LogP contribution in [0.4, 0.5) is 8.78 Å². The summed E-state index contributed by atoms with van der Waals surface area (Å²) in [6, 6.07) is 5.77. The van der Waals surface area contributed by atoms with Gasteiger partial charge in [-0.2, -0.15) is 8.78 Å². The van der Waals surface area contributed by atoms with E-state index in [1.807, 2.05) is 6.07 Å². The van der Waals surface area contributed by atoms with Gasteiger partial charge in [-0.1, -0.05) is 19.9 Å². The van der Waals surface area contributed by atoms with Crippen LogP contribution in [0.3, 0.4) is 0 Å². The van der Waals surface area contributed by atoms with Gasteiger partial charge in [0.25, 0.3) is 0 Å². The molecule has 0 spiro atoms. The lowest BCUT2D eigenvalue weighted by Crippen LogP contribution is -2.36. The number of benzene rings is 1. The number of nitrogens with one attached hydrogen (secondary N) is 1. The number of halogens is 2. The van der Waals surface area contributed by atoms with Crippen molar-refractivity contribution >= 4 is 0 Å². The molecule has 0 aromatic heterocycles. The lowest BCUT2D eigenvalue weighted by atomic mass is 9.89. The molecular weight excluding hydrogens is 248 g/mol. The molecule has 0 saturated carbocycles. The van der Waals surface area contributed by atoms with Gasteiger partial charge in [0.05, 0.1) is 0 Å². The van der Waals surface area contributed by atoms with E-state index in [-0.39, 0.29) is 5.75 Å². The van der Waals surface area contributed by atoms with Crippen molar-refractivity contribution in [1.29, 1.82) is 0 Å². The molecule has 2 rings (SSSR count). The minimum Gasteiger partial charge on any atom is -0.435 e. The minimum absolute atomic E-state index is 0.247. The highest BCUT2D eigenvalue weighted by atomic mass is 19.3. The summed E-state index contributed by atoms with van der Waals surface area (Å²) in [5, 5.41) is 3.51. The minimum atomic E-state index is -2.76. The maximum absolute atomic E-state index is 12.2. The summed E-state index contributed by atoms with van der Waals surface area (Å²) in [6.07, 6.45) is 3.21. The molecule has 2 nitrogen and oxygen atoms in total. The van der Waals surface area contributed by atoms with Crippen molar-refractivity contribution in [3.63, 3.8) is 0 Å². The Balaban J connectivity index is 2.17. The summed E-state index contributed by atoms with van der Waals surface area (Å²) >= 11 is 0. The van der Waals surface area contributed by atoms with Crippen molar-refractivity contribution in [2.45, 2.75) is 52.3 Å². The molecule has 1 aliphatic rings. The number of fused-ring (bicyclic) bond motifs is 1. The standard InChI is InChI=1S/C15H21F2NO/c1-3-14-10(2)4-5-11-6-7-13(19-15(16)17)8-12(11)9-18-14/h6-8,10,14-15,18H,3-5,9H2,1-2H3. The molecule has 2 atom stereocenters. The molecular formula is C15H21F2NO. The Bertz CT molecular complexity index is 423. The predicted octanol–water partition coefficient (Wildman–Crippen LogP) is 3.74. The van der Waals surface area contributed by atoms with Crippen molar-refractivity contribution in [2.24, 2.45) is 5.92 Å². The number of aryl methyl sites for hydroxylation is 1. The number of hydrogen-bond donors (Lipinski definition) is 1. The molecule has 0 aliphatic carbocycles. The second-order valence-corrected chi connectivity index (χ2v) is 5.22. The van der Waals surface area contributed by atoms with Crippen LogP contribution in [-0.2, 0) is 13.0 Å². The average Bonchev–Trinajstić information content (AvgIpc) is 2.35. The highest BCUT2D eigenvalue weighted by Gasteiger charge is 2.19. The normalized spacial score (nSPS) is 23.6. The van der Waals surface area contributed by atoms with Gasteiger partial charge in [-0.05, 0) is 48.4 Å². The van der Waals surface area contributed by atoms with Crippen LogP contribution in [0.25, 0.3) is 0 Å². The molecule has 19 heavy (non-hydrogen) atoms. The molecule has 0 radical (unpaired) electrons. The van der Waals surface area contributed by atoms with Crippen molar-refractivity contribution in [3.8, 4) is 5.75 Å². The summed E-state index contributed by atoms with van der Waals surface area (Å²) in [5.74, 6) is 0.882. The number of ether oxygens (including phenoxy) is 1. The Kier molecular flexibility index (Phi) is 4.75. The van der Waals surface area contributed by atoms with E-state index in [9.17, 15) is 8.78 Å². The molecule has 106 valence electrons. The van der Waals surface area contributed by atoms with Crippen molar-refractivity contribution in [2.75, 3.05) is 0 Å². The van der Waals surface area contributed by atoms with E-state index in [0.29, 0.717) is 12.0 Å². The van der Waals surface area contributed by atoms with Gasteiger partial charge in [-0.25, -0.2) is 0 Å². The van der Waals surface area contributed by atoms with Crippen molar-refractivity contribution in [1.82, 2.24) is 5.32 Å². The van der Waals surface area contributed by atoms with Crippen LogP contribution in [0.15, 0.2) is 18.2 Å². The van der Waals surface area contributed by atoms with Gasteiger partial charge in [0.1, 0.15) is 5.75 Å². The van der Waals surface area contributed by atoms with Crippen LogP contribution in [0.2, 0.25) is 0 Å². The number of hydrogen-bond acceptors (Lipinski definition) is 2. The second-order valence-electron chi connectivity index (χ2n) is 5.22. The van der Waals surface area contributed by atoms with Gasteiger partial charge in [-0.15, -0.1) is 0 Å². The lowest BCUT2D eigenvalue weighted by Gasteiger charge is -2.28. The summed E-state index contributed by atoms with van der Waals surface area (Å²) in [6.45, 7) is 2.40. The zero-order valence-electron chi connectivity index (χ0n) is 11.5. The van der Waals surface area contributed by atoms with Crippen LogP contribution >= 0.6 is 0 Å². The molecule has 0 bridgehead atoms. The van der Waals surface area contributed by atoms with E-state index in [1.165, 1.54) is 5.56 Å². The topological polar surface area (TPSA) is 21.3 Å². The molecule has 1 aromatic carbocycles. The van der Waals surface area contributed by atoms with Gasteiger partial charge >= 0.3 is 6.61 Å². The van der Waals surface area contributed by atoms with Gasteiger partial charge in [0, 0.05) is 12.6 Å². The van der Waals surface area contributed by atoms with Crippen LogP contribution in [-0.4, -0.2) is 12.7 Å². The third-order valence-corrected chi connectivity index (χ3v) is 3.95. The number of alkyl halides is 2. The second kappa shape index (κ2) is 6.33. The summed E-state index contributed by atoms with van der Waals surface area (Å²) in [4.78, 5) is 0. The molecule has 0 saturated heterocycles. The Morgan fingerprint density at radius 1 is 1.37 bits per heavy atom. The number of rotatable bonds is 3. The average molecular weight is 269 g/mol. The Hall–Kier alpha value is -1.16. The van der Waals surface area contributed by atoms with E-state index in [0.717, 1.165) is 31.4 Å². The van der Waals surface area contributed by atoms with E-state index < -0.39 is 6.61 Å².